The normalized spacial score (nSPS) is 13.8. The van der Waals surface area contributed by atoms with Crippen LogP contribution in [0.15, 0.2) is 36.0 Å². The summed E-state index contributed by atoms with van der Waals surface area (Å²) in [5, 5.41) is 20.3. The third-order valence-corrected chi connectivity index (χ3v) is 5.77. The topological polar surface area (TPSA) is 119 Å². The number of H-pyrrole nitrogens is 1. The standard InChI is InChI=1S/C25H21N5O2/c1-4-32-22(31)13-30-12-16(17-7-5-6-8-21(17)30)9-18-14(2)19(10-26)24-23(18)15(3)20(11-27)25(28)29-24/h5-9,12H,4,13H2,1-3H3,(H2,28,29)/p+1. The van der Waals surface area contributed by atoms with Crippen molar-refractivity contribution in [3.63, 3.8) is 0 Å². The highest BCUT2D eigenvalue weighted by Gasteiger charge is 2.32. The van der Waals surface area contributed by atoms with Gasteiger partial charge < -0.3 is 9.30 Å². The Labute approximate surface area is 185 Å². The number of nitrogens with zero attached hydrogens (tertiary/aromatic N) is 3. The zero-order valence-corrected chi connectivity index (χ0v) is 18.1. The number of nitrogens with one attached hydrogen (secondary N) is 1. The number of allylic oxidation sites excluding steroid dienone is 3. The second-order valence-corrected chi connectivity index (χ2v) is 7.60. The molecule has 0 fully saturated rings. The number of para-hydroxylation sites is 1. The predicted molar refractivity (Wildman–Crippen MR) is 122 cm³/mol. The van der Waals surface area contributed by atoms with Gasteiger partial charge in [-0.2, -0.15) is 10.5 Å². The van der Waals surface area contributed by atoms with Crippen molar-refractivity contribution >= 4 is 39.9 Å². The maximum atomic E-state index is 12.1. The molecule has 4 rings (SSSR count). The number of aromatic nitrogens is 2. The highest BCUT2D eigenvalue weighted by Crippen LogP contribution is 2.43. The van der Waals surface area contributed by atoms with Gasteiger partial charge in [0.2, 0.25) is 0 Å². The predicted octanol–water partition coefficient (Wildman–Crippen LogP) is 3.63. The van der Waals surface area contributed by atoms with Crippen LogP contribution in [0.3, 0.4) is 0 Å². The Morgan fingerprint density at radius 3 is 2.69 bits per heavy atom. The van der Waals surface area contributed by atoms with E-state index in [1.54, 1.807) is 6.92 Å². The first-order valence-corrected chi connectivity index (χ1v) is 10.2. The van der Waals surface area contributed by atoms with Gasteiger partial charge in [-0.15, -0.1) is 0 Å². The van der Waals surface area contributed by atoms with E-state index >= 15 is 0 Å². The third-order valence-electron chi connectivity index (χ3n) is 5.77. The van der Waals surface area contributed by atoms with Gasteiger partial charge >= 0.3 is 5.97 Å². The highest BCUT2D eigenvalue weighted by molar-refractivity contribution is 6.09. The van der Waals surface area contributed by atoms with E-state index in [1.807, 2.05) is 55.0 Å². The van der Waals surface area contributed by atoms with Crippen molar-refractivity contribution in [2.24, 2.45) is 0 Å². The van der Waals surface area contributed by atoms with Crippen LogP contribution in [0.1, 0.15) is 41.8 Å². The number of anilines is 1. The quantitative estimate of drug-likeness (QED) is 0.642. The van der Waals surface area contributed by atoms with E-state index in [-0.39, 0.29) is 18.3 Å². The summed E-state index contributed by atoms with van der Waals surface area (Å²) < 4.78 is 6.98. The van der Waals surface area contributed by atoms with Crippen LogP contribution >= 0.6 is 0 Å². The van der Waals surface area contributed by atoms with Crippen LogP contribution in [0.4, 0.5) is 5.82 Å². The molecule has 0 aliphatic heterocycles. The Bertz CT molecular complexity index is 1430. The number of hydrogen-bond donors (Lipinski definition) is 1. The number of pyridine rings is 1. The van der Waals surface area contributed by atoms with E-state index in [4.69, 9.17) is 10.5 Å². The largest absolute Gasteiger partial charge is 0.465 e. The summed E-state index contributed by atoms with van der Waals surface area (Å²) >= 11 is 0. The second kappa shape index (κ2) is 8.05. The number of nitriles is 2. The zero-order valence-electron chi connectivity index (χ0n) is 18.1. The molecule has 0 radical (unpaired) electrons. The fourth-order valence-corrected chi connectivity index (χ4v) is 4.29. The van der Waals surface area contributed by atoms with Crippen molar-refractivity contribution in [1.29, 1.82) is 10.5 Å². The van der Waals surface area contributed by atoms with Crippen molar-refractivity contribution < 1.29 is 14.5 Å². The summed E-state index contributed by atoms with van der Waals surface area (Å²) in [6.45, 7) is 5.94. The summed E-state index contributed by atoms with van der Waals surface area (Å²) in [6.07, 6.45) is 3.91. The Morgan fingerprint density at radius 2 is 2.00 bits per heavy atom. The molecule has 1 aromatic carbocycles. The molecule has 158 valence electrons. The van der Waals surface area contributed by atoms with Crippen LogP contribution in [-0.4, -0.2) is 17.1 Å². The van der Waals surface area contributed by atoms with Crippen molar-refractivity contribution in [3.05, 3.63) is 64.0 Å². The number of carbonyl (C=O) groups excluding carboxylic acids is 1. The zero-order chi connectivity index (χ0) is 23.0. The molecule has 0 bridgehead atoms. The van der Waals surface area contributed by atoms with Gasteiger partial charge in [0.1, 0.15) is 29.8 Å². The molecular formula is C25H22N5O2+. The number of rotatable bonds is 4. The molecule has 1 aliphatic rings. The lowest BCUT2D eigenvalue weighted by Crippen LogP contribution is -2.20. The van der Waals surface area contributed by atoms with Crippen LogP contribution in [0.2, 0.25) is 0 Å². The lowest BCUT2D eigenvalue weighted by atomic mass is 9.95. The first kappa shape index (κ1) is 20.9. The second-order valence-electron chi connectivity index (χ2n) is 7.60. The van der Waals surface area contributed by atoms with E-state index in [9.17, 15) is 15.3 Å². The van der Waals surface area contributed by atoms with Gasteiger partial charge in [-0.1, -0.05) is 18.2 Å². The Kier molecular flexibility index (Phi) is 5.26. The van der Waals surface area contributed by atoms with Gasteiger partial charge in [-0.05, 0) is 49.6 Å². The van der Waals surface area contributed by atoms with Gasteiger partial charge in [0.05, 0.1) is 6.61 Å². The van der Waals surface area contributed by atoms with Crippen LogP contribution in [0, 0.1) is 29.6 Å². The SMILES string of the molecule is CCOC(=O)Cn1cc(C=C2C(C)=C(C#N)c3[nH+]c(N)c(C#N)c(C)c32)c2ccccc21. The number of fused-ring (bicyclic) bond motifs is 2. The van der Waals surface area contributed by atoms with Gasteiger partial charge in [0.15, 0.2) is 5.69 Å². The molecule has 3 aromatic rings. The van der Waals surface area contributed by atoms with Gasteiger partial charge in [0, 0.05) is 28.2 Å². The number of hydrogen-bond acceptors (Lipinski definition) is 5. The molecule has 2 aromatic heterocycles. The van der Waals surface area contributed by atoms with Gasteiger partial charge in [-0.3, -0.25) is 10.5 Å². The number of esters is 1. The summed E-state index contributed by atoms with van der Waals surface area (Å²) in [5.41, 5.74) is 12.5. The third kappa shape index (κ3) is 3.21. The van der Waals surface area contributed by atoms with Gasteiger partial charge in [-0.25, -0.2) is 4.98 Å². The molecule has 7 nitrogen and oxygen atoms in total. The van der Waals surface area contributed by atoms with Crippen molar-refractivity contribution in [1.82, 2.24) is 4.57 Å². The fourth-order valence-electron chi connectivity index (χ4n) is 4.29. The maximum absolute atomic E-state index is 12.1. The minimum Gasteiger partial charge on any atom is -0.465 e. The van der Waals surface area contributed by atoms with Crippen molar-refractivity contribution in [3.8, 4) is 12.1 Å². The summed E-state index contributed by atoms with van der Waals surface area (Å²) in [4.78, 5) is 15.2. The van der Waals surface area contributed by atoms with E-state index in [0.29, 0.717) is 23.4 Å². The molecule has 32 heavy (non-hydrogen) atoms. The monoisotopic (exact) mass is 424 g/mol. The average Bonchev–Trinajstić information content (AvgIpc) is 3.23. The average molecular weight is 424 g/mol. The smallest absolute Gasteiger partial charge is 0.325 e. The molecular weight excluding hydrogens is 402 g/mol. The van der Waals surface area contributed by atoms with Crippen molar-refractivity contribution in [2.75, 3.05) is 12.3 Å². The fraction of sp³-hybridized carbons (Fsp3) is 0.200. The van der Waals surface area contributed by atoms with E-state index in [0.717, 1.165) is 38.7 Å². The van der Waals surface area contributed by atoms with Gasteiger partial charge in [0.25, 0.3) is 5.82 Å². The highest BCUT2D eigenvalue weighted by atomic mass is 16.5. The molecule has 1 aliphatic carbocycles. The first-order chi connectivity index (χ1) is 15.4. The number of nitrogens with two attached hydrogens (primary N) is 1. The molecule has 0 atom stereocenters. The number of benzene rings is 1. The summed E-state index contributed by atoms with van der Waals surface area (Å²) in [7, 11) is 0. The Morgan fingerprint density at radius 1 is 1.25 bits per heavy atom. The number of ether oxygens (including phenoxy) is 1. The van der Waals surface area contributed by atoms with Crippen LogP contribution in [0.5, 0.6) is 0 Å². The first-order valence-electron chi connectivity index (χ1n) is 10.2. The minimum absolute atomic E-state index is 0.105. The summed E-state index contributed by atoms with van der Waals surface area (Å²) in [6, 6.07) is 12.2. The Hall–Kier alpha value is -4.36. The maximum Gasteiger partial charge on any atom is 0.325 e. The number of carbonyl (C=O) groups is 1. The van der Waals surface area contributed by atoms with Crippen molar-refractivity contribution in [2.45, 2.75) is 27.3 Å². The molecule has 3 N–H and O–H groups in total. The molecule has 7 heteroatoms. The summed E-state index contributed by atoms with van der Waals surface area (Å²) in [5.74, 6) is -0.0577. The lowest BCUT2D eigenvalue weighted by Gasteiger charge is -2.08. The minimum atomic E-state index is -0.305. The molecule has 0 spiro atoms. The molecule has 0 saturated carbocycles. The lowest BCUT2D eigenvalue weighted by molar-refractivity contribution is -0.364. The molecule has 0 amide bonds. The molecule has 0 unspecified atom stereocenters. The van der Waals surface area contributed by atoms with Crippen LogP contribution < -0.4 is 10.7 Å². The molecule has 2 heterocycles. The van der Waals surface area contributed by atoms with Crippen LogP contribution in [0.25, 0.3) is 28.1 Å². The molecule has 0 saturated heterocycles. The van der Waals surface area contributed by atoms with E-state index in [1.165, 1.54) is 0 Å². The van der Waals surface area contributed by atoms with Crippen LogP contribution in [-0.2, 0) is 16.1 Å². The van der Waals surface area contributed by atoms with E-state index in [2.05, 4.69) is 17.1 Å². The van der Waals surface area contributed by atoms with E-state index < -0.39 is 0 Å². The number of nitrogen functional groups attached to an aromatic ring is 1. The number of aromatic amines is 1. The Balaban J connectivity index is 1.95.